The Hall–Kier alpha value is -3.03. The molecule has 0 saturated carbocycles. The number of nitrogens with one attached hydrogen (secondary N) is 2. The SMILES string of the molecule is CC(F)(F)c1coc2cc(Nc3n[nH]c4nccnc34)ccc12. The van der Waals surface area contributed by atoms with Crippen molar-refractivity contribution in [2.24, 2.45) is 0 Å². The molecule has 0 aliphatic rings. The van der Waals surface area contributed by atoms with E-state index in [0.717, 1.165) is 13.2 Å². The van der Waals surface area contributed by atoms with E-state index in [-0.39, 0.29) is 5.56 Å². The van der Waals surface area contributed by atoms with Crippen LogP contribution >= 0.6 is 0 Å². The maximum Gasteiger partial charge on any atom is 0.274 e. The van der Waals surface area contributed by atoms with Gasteiger partial charge in [0, 0.05) is 36.5 Å². The molecule has 0 unspecified atom stereocenters. The lowest BCUT2D eigenvalue weighted by atomic mass is 10.1. The van der Waals surface area contributed by atoms with E-state index in [0.29, 0.717) is 33.6 Å². The molecule has 0 bridgehead atoms. The van der Waals surface area contributed by atoms with E-state index < -0.39 is 5.92 Å². The van der Waals surface area contributed by atoms with Gasteiger partial charge < -0.3 is 9.73 Å². The largest absolute Gasteiger partial charge is 0.464 e. The lowest BCUT2D eigenvalue weighted by molar-refractivity contribution is 0.0183. The maximum absolute atomic E-state index is 13.5. The summed E-state index contributed by atoms with van der Waals surface area (Å²) in [5, 5.41) is 10.3. The first-order valence-corrected chi connectivity index (χ1v) is 6.84. The monoisotopic (exact) mass is 315 g/mol. The lowest BCUT2D eigenvalue weighted by Crippen LogP contribution is -2.05. The van der Waals surface area contributed by atoms with E-state index in [9.17, 15) is 8.78 Å². The Morgan fingerprint density at radius 1 is 1.22 bits per heavy atom. The fourth-order valence-corrected chi connectivity index (χ4v) is 2.42. The standard InChI is InChI=1S/C15H11F2N5O/c1-15(16,17)10-7-23-11-6-8(2-3-9(10)11)20-14-12-13(21-22-14)19-5-4-18-12/h2-7H,1H3,(H2,19,20,21,22). The van der Waals surface area contributed by atoms with Gasteiger partial charge in [-0.25, -0.2) is 18.7 Å². The van der Waals surface area contributed by atoms with Crippen molar-refractivity contribution in [1.29, 1.82) is 0 Å². The molecule has 3 aromatic heterocycles. The topological polar surface area (TPSA) is 79.6 Å². The molecule has 23 heavy (non-hydrogen) atoms. The summed E-state index contributed by atoms with van der Waals surface area (Å²) in [5.41, 5.74) is 2.04. The van der Waals surface area contributed by atoms with Crippen LogP contribution in [0.4, 0.5) is 20.3 Å². The summed E-state index contributed by atoms with van der Waals surface area (Å²) in [7, 11) is 0. The van der Waals surface area contributed by atoms with Crippen molar-refractivity contribution in [2.75, 3.05) is 5.32 Å². The minimum absolute atomic E-state index is 0.130. The number of rotatable bonds is 3. The van der Waals surface area contributed by atoms with Crippen LogP contribution in [0.25, 0.3) is 22.1 Å². The van der Waals surface area contributed by atoms with Gasteiger partial charge in [-0.1, -0.05) is 0 Å². The number of H-pyrrole nitrogens is 1. The van der Waals surface area contributed by atoms with Crippen LogP contribution < -0.4 is 5.32 Å². The Balaban J connectivity index is 1.73. The first kappa shape index (κ1) is 13.6. The fourth-order valence-electron chi connectivity index (χ4n) is 2.42. The van der Waals surface area contributed by atoms with Crippen LogP contribution in [-0.2, 0) is 5.92 Å². The van der Waals surface area contributed by atoms with Gasteiger partial charge in [0.15, 0.2) is 17.0 Å². The maximum atomic E-state index is 13.5. The molecule has 2 N–H and O–H groups in total. The van der Waals surface area contributed by atoms with Gasteiger partial charge in [0.1, 0.15) is 11.8 Å². The molecule has 0 fully saturated rings. The number of aromatic amines is 1. The molecule has 3 heterocycles. The number of aromatic nitrogens is 4. The van der Waals surface area contributed by atoms with Crippen LogP contribution in [0.2, 0.25) is 0 Å². The number of alkyl halides is 2. The Bertz CT molecular complexity index is 1000. The third-order valence-electron chi connectivity index (χ3n) is 3.51. The van der Waals surface area contributed by atoms with Gasteiger partial charge in [-0.3, -0.25) is 5.10 Å². The zero-order chi connectivity index (χ0) is 16.0. The molecule has 0 saturated heterocycles. The summed E-state index contributed by atoms with van der Waals surface area (Å²) >= 11 is 0. The minimum Gasteiger partial charge on any atom is -0.464 e. The first-order valence-electron chi connectivity index (χ1n) is 6.84. The lowest BCUT2D eigenvalue weighted by Gasteiger charge is -2.07. The second-order valence-corrected chi connectivity index (χ2v) is 5.20. The molecule has 0 spiro atoms. The summed E-state index contributed by atoms with van der Waals surface area (Å²) < 4.78 is 32.2. The number of nitrogens with zero attached hydrogens (tertiary/aromatic N) is 3. The smallest absolute Gasteiger partial charge is 0.274 e. The highest BCUT2D eigenvalue weighted by Gasteiger charge is 2.28. The van der Waals surface area contributed by atoms with Gasteiger partial charge >= 0.3 is 0 Å². The summed E-state index contributed by atoms with van der Waals surface area (Å²) in [6.07, 6.45) is 4.21. The molecular weight excluding hydrogens is 304 g/mol. The molecule has 0 aliphatic heterocycles. The Labute approximate surface area is 128 Å². The fraction of sp³-hybridized carbons (Fsp3) is 0.133. The van der Waals surface area contributed by atoms with Crippen molar-refractivity contribution in [2.45, 2.75) is 12.8 Å². The third-order valence-corrected chi connectivity index (χ3v) is 3.51. The number of hydrogen-bond acceptors (Lipinski definition) is 5. The van der Waals surface area contributed by atoms with Gasteiger partial charge in [-0.05, 0) is 12.1 Å². The molecule has 116 valence electrons. The summed E-state index contributed by atoms with van der Waals surface area (Å²) in [5.74, 6) is -2.45. The van der Waals surface area contributed by atoms with E-state index in [4.69, 9.17) is 4.42 Å². The van der Waals surface area contributed by atoms with Gasteiger partial charge in [0.05, 0.1) is 5.56 Å². The highest BCUT2D eigenvalue weighted by atomic mass is 19.3. The number of fused-ring (bicyclic) bond motifs is 2. The van der Waals surface area contributed by atoms with Crippen molar-refractivity contribution in [3.63, 3.8) is 0 Å². The molecule has 0 amide bonds. The predicted molar refractivity (Wildman–Crippen MR) is 80.7 cm³/mol. The van der Waals surface area contributed by atoms with Crippen LogP contribution in [0.3, 0.4) is 0 Å². The highest BCUT2D eigenvalue weighted by Crippen LogP contribution is 2.35. The molecule has 0 aliphatic carbocycles. The normalized spacial score (nSPS) is 12.1. The highest BCUT2D eigenvalue weighted by molar-refractivity contribution is 5.88. The molecule has 4 aromatic rings. The Morgan fingerprint density at radius 3 is 2.87 bits per heavy atom. The van der Waals surface area contributed by atoms with Gasteiger partial charge in [-0.2, -0.15) is 5.10 Å². The number of hydrogen-bond donors (Lipinski definition) is 2. The number of anilines is 2. The van der Waals surface area contributed by atoms with E-state index in [2.05, 4.69) is 25.5 Å². The zero-order valence-corrected chi connectivity index (χ0v) is 12.0. The van der Waals surface area contributed by atoms with Gasteiger partial charge in [0.2, 0.25) is 0 Å². The van der Waals surface area contributed by atoms with Gasteiger partial charge in [0.25, 0.3) is 5.92 Å². The van der Waals surface area contributed by atoms with Crippen molar-refractivity contribution < 1.29 is 13.2 Å². The average Bonchev–Trinajstić information content (AvgIpc) is 3.11. The first-order chi connectivity index (χ1) is 11.0. The number of furan rings is 1. The second kappa shape index (κ2) is 4.73. The number of benzene rings is 1. The Kier molecular flexibility index (Phi) is 2.80. The van der Waals surface area contributed by atoms with E-state index in [1.165, 1.54) is 0 Å². The Morgan fingerprint density at radius 2 is 2.04 bits per heavy atom. The van der Waals surface area contributed by atoms with Crippen molar-refractivity contribution in [3.05, 3.63) is 42.4 Å². The quantitative estimate of drug-likeness (QED) is 0.598. The minimum atomic E-state index is -2.95. The summed E-state index contributed by atoms with van der Waals surface area (Å²) in [4.78, 5) is 8.30. The van der Waals surface area contributed by atoms with Crippen molar-refractivity contribution in [3.8, 4) is 0 Å². The van der Waals surface area contributed by atoms with Crippen molar-refractivity contribution >= 4 is 33.6 Å². The second-order valence-electron chi connectivity index (χ2n) is 5.20. The molecule has 4 rings (SSSR count). The van der Waals surface area contributed by atoms with E-state index in [1.807, 2.05) is 0 Å². The van der Waals surface area contributed by atoms with Crippen molar-refractivity contribution in [1.82, 2.24) is 20.2 Å². The van der Waals surface area contributed by atoms with Crippen LogP contribution in [0.1, 0.15) is 12.5 Å². The molecular formula is C15H11F2N5O. The van der Waals surface area contributed by atoms with E-state index >= 15 is 0 Å². The van der Waals surface area contributed by atoms with Crippen LogP contribution in [0.5, 0.6) is 0 Å². The molecule has 8 heteroatoms. The van der Waals surface area contributed by atoms with Gasteiger partial charge in [-0.15, -0.1) is 0 Å². The molecule has 0 atom stereocenters. The van der Waals surface area contributed by atoms with E-state index in [1.54, 1.807) is 30.6 Å². The van der Waals surface area contributed by atoms with Crippen LogP contribution in [0, 0.1) is 0 Å². The molecule has 1 aromatic carbocycles. The number of halogens is 2. The van der Waals surface area contributed by atoms with Crippen LogP contribution in [0.15, 0.2) is 41.3 Å². The zero-order valence-electron chi connectivity index (χ0n) is 12.0. The summed E-state index contributed by atoms with van der Waals surface area (Å²) in [6, 6.07) is 4.92. The average molecular weight is 315 g/mol. The predicted octanol–water partition coefficient (Wildman–Crippen LogP) is 3.95. The third kappa shape index (κ3) is 2.28. The van der Waals surface area contributed by atoms with Crippen LogP contribution in [-0.4, -0.2) is 20.2 Å². The molecule has 0 radical (unpaired) electrons. The molecule has 6 nitrogen and oxygen atoms in total. The summed E-state index contributed by atoms with van der Waals surface area (Å²) in [6.45, 7) is 0.845.